The normalized spacial score (nSPS) is 10.4. The van der Waals surface area contributed by atoms with Crippen molar-refractivity contribution in [2.45, 2.75) is 26.7 Å². The molecule has 0 aliphatic carbocycles. The van der Waals surface area contributed by atoms with Gasteiger partial charge < -0.3 is 0 Å². The number of ketones is 1. The average Bonchev–Trinajstić information content (AvgIpc) is 2.16. The van der Waals surface area contributed by atoms with Crippen LogP contribution in [0, 0.1) is 16.0 Å². The van der Waals surface area contributed by atoms with Gasteiger partial charge in [-0.1, -0.05) is 13.8 Å². The minimum absolute atomic E-state index is 0.0256. The second-order valence-corrected chi connectivity index (χ2v) is 4.08. The first-order valence-corrected chi connectivity index (χ1v) is 5.10. The number of Topliss-reactive ketones (excluding diaryl/α,β-unsaturated/α-hetero) is 1. The molecule has 0 aromatic carbocycles. The molecule has 0 bridgehead atoms. The van der Waals surface area contributed by atoms with Gasteiger partial charge in [0.15, 0.2) is 0 Å². The third-order valence-electron chi connectivity index (χ3n) is 2.03. The molecular weight excluding hydrogens is 208 g/mol. The van der Waals surface area contributed by atoms with Gasteiger partial charge in [0.25, 0.3) is 5.69 Å². The fourth-order valence-corrected chi connectivity index (χ4v) is 1.41. The molecule has 0 radical (unpaired) electrons. The van der Waals surface area contributed by atoms with Crippen LogP contribution in [0.5, 0.6) is 0 Å². The molecule has 1 aromatic heterocycles. The summed E-state index contributed by atoms with van der Waals surface area (Å²) in [6.45, 7) is 3.91. The third-order valence-corrected chi connectivity index (χ3v) is 2.03. The minimum Gasteiger partial charge on any atom is -0.299 e. The molecule has 0 amide bonds. The van der Waals surface area contributed by atoms with Crippen LogP contribution in [-0.4, -0.2) is 15.7 Å². The van der Waals surface area contributed by atoms with Gasteiger partial charge in [0.05, 0.1) is 10.6 Å². The maximum absolute atomic E-state index is 11.5. The zero-order valence-electron chi connectivity index (χ0n) is 9.34. The molecule has 0 aliphatic rings. The molecule has 1 rings (SSSR count). The summed E-state index contributed by atoms with van der Waals surface area (Å²) in [4.78, 5) is 25.5. The number of pyridine rings is 1. The first-order valence-electron chi connectivity index (χ1n) is 5.10. The Morgan fingerprint density at radius 2 is 2.25 bits per heavy atom. The highest BCUT2D eigenvalue weighted by molar-refractivity contribution is 5.80. The molecule has 0 fully saturated rings. The molecule has 1 heterocycles. The number of rotatable bonds is 5. The topological polar surface area (TPSA) is 73.1 Å². The van der Waals surface area contributed by atoms with Crippen molar-refractivity contribution in [2.24, 2.45) is 5.92 Å². The van der Waals surface area contributed by atoms with Crippen LogP contribution in [0.2, 0.25) is 0 Å². The zero-order valence-corrected chi connectivity index (χ0v) is 9.34. The summed E-state index contributed by atoms with van der Waals surface area (Å²) in [6, 6.07) is 2.66. The predicted octanol–water partition coefficient (Wildman–Crippen LogP) is 2.15. The van der Waals surface area contributed by atoms with Gasteiger partial charge in [-0.15, -0.1) is 0 Å². The summed E-state index contributed by atoms with van der Waals surface area (Å²) in [5.74, 6) is 0.356. The highest BCUT2D eigenvalue weighted by atomic mass is 16.6. The van der Waals surface area contributed by atoms with Crippen molar-refractivity contribution in [3.63, 3.8) is 0 Å². The van der Waals surface area contributed by atoms with Crippen molar-refractivity contribution in [1.82, 2.24) is 4.98 Å². The van der Waals surface area contributed by atoms with Crippen LogP contribution in [0.4, 0.5) is 5.69 Å². The van der Waals surface area contributed by atoms with Gasteiger partial charge >= 0.3 is 0 Å². The van der Waals surface area contributed by atoms with Crippen LogP contribution < -0.4 is 0 Å². The first-order chi connectivity index (χ1) is 7.49. The molecule has 86 valence electrons. The number of hydrogen-bond donors (Lipinski definition) is 0. The summed E-state index contributed by atoms with van der Waals surface area (Å²) in [7, 11) is 0. The second-order valence-electron chi connectivity index (χ2n) is 4.08. The van der Waals surface area contributed by atoms with Crippen molar-refractivity contribution >= 4 is 11.5 Å². The molecule has 0 saturated heterocycles. The van der Waals surface area contributed by atoms with Crippen LogP contribution in [-0.2, 0) is 11.2 Å². The summed E-state index contributed by atoms with van der Waals surface area (Å²) < 4.78 is 0. The van der Waals surface area contributed by atoms with Crippen molar-refractivity contribution in [3.05, 3.63) is 34.1 Å². The van der Waals surface area contributed by atoms with Gasteiger partial charge in [-0.25, -0.2) is 0 Å². The van der Waals surface area contributed by atoms with Gasteiger partial charge in [-0.3, -0.25) is 19.9 Å². The summed E-state index contributed by atoms with van der Waals surface area (Å²) in [5.41, 5.74) is 0.433. The smallest absolute Gasteiger partial charge is 0.272 e. The van der Waals surface area contributed by atoms with E-state index in [9.17, 15) is 14.9 Å². The number of aromatic nitrogens is 1. The summed E-state index contributed by atoms with van der Waals surface area (Å²) in [6.07, 6.45) is 2.00. The van der Waals surface area contributed by atoms with Gasteiger partial charge in [0.1, 0.15) is 5.78 Å². The third kappa shape index (κ3) is 3.76. The Kier molecular flexibility index (Phi) is 4.10. The quantitative estimate of drug-likeness (QED) is 0.565. The lowest BCUT2D eigenvalue weighted by atomic mass is 10.0. The fourth-order valence-electron chi connectivity index (χ4n) is 1.41. The predicted molar refractivity (Wildman–Crippen MR) is 59.1 cm³/mol. The van der Waals surface area contributed by atoms with Crippen molar-refractivity contribution < 1.29 is 9.72 Å². The monoisotopic (exact) mass is 222 g/mol. The molecular formula is C11H14N2O3. The van der Waals surface area contributed by atoms with Crippen LogP contribution in [0.3, 0.4) is 0 Å². The molecule has 0 aliphatic heterocycles. The Balaban J connectivity index is 2.70. The van der Waals surface area contributed by atoms with Gasteiger partial charge in [0, 0.05) is 31.2 Å². The molecule has 0 spiro atoms. The number of nitro groups is 1. The fraction of sp³-hybridized carbons (Fsp3) is 0.455. The molecule has 5 nitrogen and oxygen atoms in total. The largest absolute Gasteiger partial charge is 0.299 e. The Labute approximate surface area is 93.7 Å². The molecule has 0 unspecified atom stereocenters. The van der Waals surface area contributed by atoms with E-state index in [1.165, 1.54) is 18.3 Å². The lowest BCUT2D eigenvalue weighted by Gasteiger charge is -2.03. The molecule has 0 saturated carbocycles. The maximum atomic E-state index is 11.5. The van der Waals surface area contributed by atoms with Crippen molar-refractivity contribution in [3.8, 4) is 0 Å². The summed E-state index contributed by atoms with van der Waals surface area (Å²) >= 11 is 0. The average molecular weight is 222 g/mol. The number of hydrogen-bond acceptors (Lipinski definition) is 4. The number of nitrogens with zero attached hydrogens (tertiary/aromatic N) is 2. The lowest BCUT2D eigenvalue weighted by Crippen LogP contribution is -2.07. The molecule has 1 aromatic rings. The van der Waals surface area contributed by atoms with Crippen LogP contribution >= 0.6 is 0 Å². The van der Waals surface area contributed by atoms with E-state index < -0.39 is 4.92 Å². The lowest BCUT2D eigenvalue weighted by molar-refractivity contribution is -0.385. The highest BCUT2D eigenvalue weighted by Crippen LogP contribution is 2.12. The van der Waals surface area contributed by atoms with E-state index in [-0.39, 0.29) is 17.9 Å². The van der Waals surface area contributed by atoms with Gasteiger partial charge in [-0.05, 0) is 5.92 Å². The van der Waals surface area contributed by atoms with Crippen LogP contribution in [0.1, 0.15) is 26.0 Å². The SMILES string of the molecule is CC(C)CC(=O)Cc1cc([N+](=O)[O-])ccn1. The Hall–Kier alpha value is -1.78. The van der Waals surface area contributed by atoms with Crippen LogP contribution in [0.15, 0.2) is 18.3 Å². The zero-order chi connectivity index (χ0) is 12.1. The van der Waals surface area contributed by atoms with Crippen molar-refractivity contribution in [2.75, 3.05) is 0 Å². The van der Waals surface area contributed by atoms with Crippen LogP contribution in [0.25, 0.3) is 0 Å². The maximum Gasteiger partial charge on any atom is 0.272 e. The molecule has 0 N–H and O–H groups in total. The first kappa shape index (κ1) is 12.3. The molecule has 5 heteroatoms. The Morgan fingerprint density at radius 1 is 1.56 bits per heavy atom. The van der Waals surface area contributed by atoms with E-state index in [2.05, 4.69) is 4.98 Å². The number of carbonyl (C=O) groups is 1. The van der Waals surface area contributed by atoms with Gasteiger partial charge in [0.2, 0.25) is 0 Å². The Morgan fingerprint density at radius 3 is 2.81 bits per heavy atom. The number of carbonyl (C=O) groups excluding carboxylic acids is 1. The highest BCUT2D eigenvalue weighted by Gasteiger charge is 2.11. The van der Waals surface area contributed by atoms with Crippen molar-refractivity contribution in [1.29, 1.82) is 0 Å². The molecule has 16 heavy (non-hydrogen) atoms. The van der Waals surface area contributed by atoms with E-state index in [0.29, 0.717) is 18.0 Å². The van der Waals surface area contributed by atoms with E-state index in [4.69, 9.17) is 0 Å². The van der Waals surface area contributed by atoms with E-state index in [1.54, 1.807) is 0 Å². The summed E-state index contributed by atoms with van der Waals surface area (Å²) in [5, 5.41) is 10.5. The van der Waals surface area contributed by atoms with Gasteiger partial charge in [-0.2, -0.15) is 0 Å². The van der Waals surface area contributed by atoms with E-state index >= 15 is 0 Å². The second kappa shape index (κ2) is 5.34. The Bertz CT molecular complexity index is 402. The van der Waals surface area contributed by atoms with E-state index in [0.717, 1.165) is 0 Å². The standard InChI is InChI=1S/C11H14N2O3/c1-8(2)5-11(14)7-9-6-10(13(15)16)3-4-12-9/h3-4,6,8H,5,7H2,1-2H3. The molecule has 0 atom stereocenters. The minimum atomic E-state index is -0.488. The van der Waals surface area contributed by atoms with E-state index in [1.807, 2.05) is 13.8 Å².